The molecule has 3 heterocycles. The molecule has 2 aliphatic carbocycles. The van der Waals surface area contributed by atoms with Crippen LogP contribution in [0.4, 0.5) is 10.9 Å². The fourth-order valence-corrected chi connectivity index (χ4v) is 5.80. The fourth-order valence-electron chi connectivity index (χ4n) is 5.02. The van der Waals surface area contributed by atoms with Crippen molar-refractivity contribution in [3.8, 4) is 16.6 Å². The third-order valence-electron chi connectivity index (χ3n) is 6.97. The van der Waals surface area contributed by atoms with Crippen molar-refractivity contribution in [3.05, 3.63) is 36.0 Å². The van der Waals surface area contributed by atoms with Crippen molar-refractivity contribution in [2.75, 3.05) is 12.4 Å². The second-order valence-corrected chi connectivity index (χ2v) is 10.8. The zero-order valence-corrected chi connectivity index (χ0v) is 21.6. The zero-order valence-electron chi connectivity index (χ0n) is 20.7. The van der Waals surface area contributed by atoms with Crippen molar-refractivity contribution in [2.45, 2.75) is 89.8 Å². The smallest absolute Gasteiger partial charge is 0.317 e. The molecule has 186 valence electrons. The Balaban J connectivity index is 1.20. The minimum atomic E-state index is 0.223. The van der Waals surface area contributed by atoms with E-state index in [4.69, 9.17) is 4.74 Å². The Morgan fingerprint density at radius 2 is 1.71 bits per heavy atom. The SMILES string of the molecule is Cc1cc(-c2cnc(Nc3cnc(CN(C)C4CCCCC4)cn3)s2)nc(OC2CCCCC2)n1. The molecular weight excluding hydrogens is 458 g/mol. The van der Waals surface area contributed by atoms with Crippen LogP contribution in [0.15, 0.2) is 24.7 Å². The fraction of sp³-hybridized carbons (Fsp3) is 0.577. The number of rotatable bonds is 8. The Kier molecular flexibility index (Phi) is 7.83. The van der Waals surface area contributed by atoms with Crippen molar-refractivity contribution >= 4 is 22.3 Å². The predicted molar refractivity (Wildman–Crippen MR) is 139 cm³/mol. The van der Waals surface area contributed by atoms with Crippen LogP contribution < -0.4 is 10.1 Å². The highest BCUT2D eigenvalue weighted by atomic mass is 32.1. The number of nitrogens with one attached hydrogen (secondary N) is 1. The Morgan fingerprint density at radius 1 is 0.943 bits per heavy atom. The van der Waals surface area contributed by atoms with E-state index in [1.165, 1.54) is 62.7 Å². The lowest BCUT2D eigenvalue weighted by atomic mass is 9.94. The molecule has 2 fully saturated rings. The van der Waals surface area contributed by atoms with Gasteiger partial charge in [-0.3, -0.25) is 9.88 Å². The van der Waals surface area contributed by atoms with Gasteiger partial charge in [-0.25, -0.2) is 15.0 Å². The van der Waals surface area contributed by atoms with Gasteiger partial charge in [0.2, 0.25) is 0 Å². The summed E-state index contributed by atoms with van der Waals surface area (Å²) in [5, 5.41) is 4.04. The summed E-state index contributed by atoms with van der Waals surface area (Å²) in [6.07, 6.45) is 18.2. The zero-order chi connectivity index (χ0) is 24.0. The predicted octanol–water partition coefficient (Wildman–Crippen LogP) is 5.92. The monoisotopic (exact) mass is 493 g/mol. The highest BCUT2D eigenvalue weighted by Crippen LogP contribution is 2.31. The lowest BCUT2D eigenvalue weighted by Crippen LogP contribution is -2.33. The lowest BCUT2D eigenvalue weighted by molar-refractivity contribution is 0.142. The molecule has 8 nitrogen and oxygen atoms in total. The van der Waals surface area contributed by atoms with Crippen molar-refractivity contribution < 1.29 is 4.74 Å². The van der Waals surface area contributed by atoms with Gasteiger partial charge in [-0.05, 0) is 58.6 Å². The molecule has 9 heteroatoms. The highest BCUT2D eigenvalue weighted by molar-refractivity contribution is 7.18. The number of hydrogen-bond acceptors (Lipinski definition) is 9. The molecule has 0 saturated heterocycles. The third kappa shape index (κ3) is 6.52. The molecule has 2 saturated carbocycles. The summed E-state index contributed by atoms with van der Waals surface area (Å²) in [6.45, 7) is 2.81. The number of aryl methyl sites for hydroxylation is 1. The Labute approximate surface area is 211 Å². The first-order valence-electron chi connectivity index (χ1n) is 12.9. The van der Waals surface area contributed by atoms with Crippen molar-refractivity contribution in [1.82, 2.24) is 29.8 Å². The van der Waals surface area contributed by atoms with E-state index in [-0.39, 0.29) is 6.10 Å². The molecule has 1 N–H and O–H groups in total. The second kappa shape index (κ2) is 11.4. The molecule has 0 aromatic carbocycles. The summed E-state index contributed by atoms with van der Waals surface area (Å²) in [7, 11) is 2.20. The average Bonchev–Trinajstić information content (AvgIpc) is 3.35. The van der Waals surface area contributed by atoms with Crippen LogP contribution in [0.1, 0.15) is 75.6 Å². The van der Waals surface area contributed by atoms with E-state index < -0.39 is 0 Å². The topological polar surface area (TPSA) is 89.0 Å². The first kappa shape index (κ1) is 24.1. The number of aromatic nitrogens is 5. The van der Waals surface area contributed by atoms with Crippen molar-refractivity contribution in [3.63, 3.8) is 0 Å². The highest BCUT2D eigenvalue weighted by Gasteiger charge is 2.19. The summed E-state index contributed by atoms with van der Waals surface area (Å²) in [5.41, 5.74) is 2.72. The van der Waals surface area contributed by atoms with E-state index in [1.807, 2.05) is 25.4 Å². The van der Waals surface area contributed by atoms with E-state index >= 15 is 0 Å². The molecule has 0 spiro atoms. The number of anilines is 2. The molecule has 0 unspecified atom stereocenters. The van der Waals surface area contributed by atoms with Crippen LogP contribution in [-0.4, -0.2) is 49.0 Å². The second-order valence-electron chi connectivity index (χ2n) is 9.81. The summed E-state index contributed by atoms with van der Waals surface area (Å²) in [5.74, 6) is 0.690. The number of ether oxygens (including phenoxy) is 1. The van der Waals surface area contributed by atoms with Crippen LogP contribution in [-0.2, 0) is 6.54 Å². The van der Waals surface area contributed by atoms with Gasteiger partial charge in [-0.15, -0.1) is 0 Å². The Bertz CT molecular complexity index is 1090. The molecule has 2 aliphatic rings. The maximum Gasteiger partial charge on any atom is 0.317 e. The molecule has 0 aliphatic heterocycles. The van der Waals surface area contributed by atoms with Gasteiger partial charge >= 0.3 is 6.01 Å². The molecule has 3 aromatic heterocycles. The van der Waals surface area contributed by atoms with E-state index in [2.05, 4.69) is 42.2 Å². The summed E-state index contributed by atoms with van der Waals surface area (Å²) < 4.78 is 6.10. The number of hydrogen-bond donors (Lipinski definition) is 1. The van der Waals surface area contributed by atoms with Gasteiger partial charge in [0.25, 0.3) is 0 Å². The first-order valence-corrected chi connectivity index (χ1v) is 13.7. The summed E-state index contributed by atoms with van der Waals surface area (Å²) in [4.78, 5) is 26.3. The molecule has 35 heavy (non-hydrogen) atoms. The maximum atomic E-state index is 6.10. The van der Waals surface area contributed by atoms with E-state index in [9.17, 15) is 0 Å². The van der Waals surface area contributed by atoms with E-state index in [0.717, 1.165) is 46.5 Å². The molecule has 0 amide bonds. The molecule has 3 aromatic rings. The quantitative estimate of drug-likeness (QED) is 0.414. The average molecular weight is 494 g/mol. The summed E-state index contributed by atoms with van der Waals surface area (Å²) in [6, 6.07) is 3.10. The number of nitrogens with zero attached hydrogens (tertiary/aromatic N) is 6. The van der Waals surface area contributed by atoms with Crippen LogP contribution >= 0.6 is 11.3 Å². The lowest BCUT2D eigenvalue weighted by Gasteiger charge is -2.30. The molecular formula is C26H35N7OS. The van der Waals surface area contributed by atoms with Gasteiger partial charge in [0.1, 0.15) is 6.10 Å². The Morgan fingerprint density at radius 3 is 2.46 bits per heavy atom. The molecule has 0 bridgehead atoms. The van der Waals surface area contributed by atoms with Gasteiger partial charge in [0.05, 0.1) is 28.7 Å². The van der Waals surface area contributed by atoms with E-state index in [0.29, 0.717) is 17.9 Å². The van der Waals surface area contributed by atoms with Crippen LogP contribution in [0.2, 0.25) is 0 Å². The minimum Gasteiger partial charge on any atom is -0.460 e. The first-order chi connectivity index (χ1) is 17.1. The largest absolute Gasteiger partial charge is 0.460 e. The van der Waals surface area contributed by atoms with Crippen molar-refractivity contribution in [2.24, 2.45) is 0 Å². The minimum absolute atomic E-state index is 0.223. The van der Waals surface area contributed by atoms with E-state index in [1.54, 1.807) is 6.20 Å². The maximum absolute atomic E-state index is 6.10. The van der Waals surface area contributed by atoms with Gasteiger partial charge in [0, 0.05) is 24.5 Å². The van der Waals surface area contributed by atoms with Gasteiger partial charge in [-0.1, -0.05) is 37.0 Å². The van der Waals surface area contributed by atoms with Gasteiger partial charge < -0.3 is 10.1 Å². The van der Waals surface area contributed by atoms with Gasteiger partial charge in [0.15, 0.2) is 10.9 Å². The van der Waals surface area contributed by atoms with Crippen LogP contribution in [0.5, 0.6) is 6.01 Å². The van der Waals surface area contributed by atoms with Crippen LogP contribution in [0.3, 0.4) is 0 Å². The summed E-state index contributed by atoms with van der Waals surface area (Å²) >= 11 is 1.53. The number of thiazole rings is 1. The van der Waals surface area contributed by atoms with Crippen LogP contribution in [0.25, 0.3) is 10.6 Å². The molecule has 5 rings (SSSR count). The Hall–Kier alpha value is -2.65. The molecule has 0 atom stereocenters. The van der Waals surface area contributed by atoms with Crippen LogP contribution in [0, 0.1) is 6.92 Å². The van der Waals surface area contributed by atoms with Gasteiger partial charge in [-0.2, -0.15) is 4.98 Å². The standard InChI is InChI=1S/C26H35N7OS/c1-18-13-22(31-25(30-18)34-21-11-7-4-8-12-21)23-15-29-26(35-23)32-24-16-27-19(14-28-24)17-33(2)20-9-5-3-6-10-20/h13-16,20-21H,3-12,17H2,1-2H3,(H,28,29,32). The third-order valence-corrected chi connectivity index (χ3v) is 7.90. The van der Waals surface area contributed by atoms with Crippen molar-refractivity contribution in [1.29, 1.82) is 0 Å². The molecule has 0 radical (unpaired) electrons. The normalized spacial score (nSPS) is 17.6.